The lowest BCUT2D eigenvalue weighted by atomic mass is 10.0. The molecule has 1 N–H and O–H groups in total. The number of ether oxygens (including phenoxy) is 1. The SMILES string of the molecule is Cc1ccc(-c2cc(C)c(Oc3nc(Nc4ccc(C#N)cc4)nc4c3ncn4C)c(Cl)c2)cc1. The number of hydrogen-bond donors (Lipinski definition) is 1. The number of aromatic nitrogens is 4. The predicted molar refractivity (Wildman–Crippen MR) is 137 cm³/mol. The number of anilines is 2. The van der Waals surface area contributed by atoms with Crippen LogP contribution in [0.4, 0.5) is 11.6 Å². The fourth-order valence-corrected chi connectivity index (χ4v) is 4.04. The maximum absolute atomic E-state index is 9.03. The molecule has 2 aromatic heterocycles. The van der Waals surface area contributed by atoms with Crippen LogP contribution in [-0.4, -0.2) is 19.5 Å². The second-order valence-corrected chi connectivity index (χ2v) is 8.67. The van der Waals surface area contributed by atoms with Crippen LogP contribution < -0.4 is 10.1 Å². The van der Waals surface area contributed by atoms with Crippen LogP contribution in [0.3, 0.4) is 0 Å². The van der Waals surface area contributed by atoms with Gasteiger partial charge in [0.2, 0.25) is 5.95 Å². The van der Waals surface area contributed by atoms with Gasteiger partial charge in [-0.1, -0.05) is 41.4 Å². The topological polar surface area (TPSA) is 88.7 Å². The van der Waals surface area contributed by atoms with E-state index in [1.54, 1.807) is 35.2 Å². The number of aryl methyl sites for hydroxylation is 3. The molecule has 0 fully saturated rings. The highest BCUT2D eigenvalue weighted by Crippen LogP contribution is 2.38. The summed E-state index contributed by atoms with van der Waals surface area (Å²) < 4.78 is 8.04. The second-order valence-electron chi connectivity index (χ2n) is 8.27. The minimum atomic E-state index is 0.292. The summed E-state index contributed by atoms with van der Waals surface area (Å²) in [5.41, 5.74) is 6.61. The molecule has 0 aliphatic heterocycles. The Balaban J connectivity index is 1.52. The number of rotatable bonds is 5. The van der Waals surface area contributed by atoms with Gasteiger partial charge in [0.25, 0.3) is 5.88 Å². The Bertz CT molecular complexity index is 1560. The van der Waals surface area contributed by atoms with Crippen molar-refractivity contribution in [2.24, 2.45) is 7.05 Å². The van der Waals surface area contributed by atoms with Crippen LogP contribution in [0.1, 0.15) is 16.7 Å². The zero-order valence-corrected chi connectivity index (χ0v) is 20.1. The molecule has 0 aliphatic carbocycles. The number of nitrogens with zero attached hydrogens (tertiary/aromatic N) is 5. The monoisotopic (exact) mass is 480 g/mol. The zero-order valence-electron chi connectivity index (χ0n) is 19.4. The van der Waals surface area contributed by atoms with Gasteiger partial charge >= 0.3 is 0 Å². The van der Waals surface area contributed by atoms with Crippen molar-refractivity contribution in [1.82, 2.24) is 19.5 Å². The maximum atomic E-state index is 9.03. The van der Waals surface area contributed by atoms with Gasteiger partial charge in [-0.2, -0.15) is 15.2 Å². The molecule has 0 bridgehead atoms. The number of halogens is 1. The van der Waals surface area contributed by atoms with E-state index in [1.807, 2.05) is 26.1 Å². The molecule has 0 saturated carbocycles. The standard InChI is InChI=1S/C27H21ClN6O/c1-16-4-8-19(9-5-16)20-12-17(2)24(22(28)13-20)35-26-23-25(34(3)15-30-23)32-27(33-26)31-21-10-6-18(14-29)7-11-21/h4-13,15H,1-3H3,(H,31,32,33). The summed E-state index contributed by atoms with van der Waals surface area (Å²) in [5, 5.41) is 12.7. The third-order valence-corrected chi connectivity index (χ3v) is 5.89. The molecule has 0 atom stereocenters. The Morgan fingerprint density at radius 2 is 1.71 bits per heavy atom. The number of nitriles is 1. The van der Waals surface area contributed by atoms with Gasteiger partial charge in [-0.15, -0.1) is 0 Å². The summed E-state index contributed by atoms with van der Waals surface area (Å²) in [4.78, 5) is 13.6. The second kappa shape index (κ2) is 9.09. The van der Waals surface area contributed by atoms with Gasteiger partial charge in [0.1, 0.15) is 0 Å². The van der Waals surface area contributed by atoms with Gasteiger partial charge < -0.3 is 14.6 Å². The Morgan fingerprint density at radius 3 is 2.40 bits per heavy atom. The van der Waals surface area contributed by atoms with Crippen LogP contribution in [0, 0.1) is 25.2 Å². The van der Waals surface area contributed by atoms with E-state index in [4.69, 9.17) is 21.6 Å². The Morgan fingerprint density at radius 1 is 0.971 bits per heavy atom. The number of fused-ring (bicyclic) bond motifs is 1. The molecule has 0 aliphatic rings. The number of nitrogens with one attached hydrogen (secondary N) is 1. The minimum absolute atomic E-state index is 0.292. The molecule has 5 aromatic rings. The van der Waals surface area contributed by atoms with Gasteiger partial charge in [-0.05, 0) is 66.9 Å². The van der Waals surface area contributed by atoms with Gasteiger partial charge in [0.15, 0.2) is 16.9 Å². The van der Waals surface area contributed by atoms with Crippen LogP contribution >= 0.6 is 11.6 Å². The quantitative estimate of drug-likeness (QED) is 0.301. The van der Waals surface area contributed by atoms with E-state index in [9.17, 15) is 0 Å². The van der Waals surface area contributed by atoms with Crippen molar-refractivity contribution in [2.75, 3.05) is 5.32 Å². The molecule has 0 spiro atoms. The normalized spacial score (nSPS) is 10.8. The summed E-state index contributed by atoms with van der Waals surface area (Å²) >= 11 is 6.68. The van der Waals surface area contributed by atoms with E-state index in [-0.39, 0.29) is 0 Å². The lowest BCUT2D eigenvalue weighted by Gasteiger charge is -2.14. The van der Waals surface area contributed by atoms with Gasteiger partial charge in [-0.25, -0.2) is 4.98 Å². The van der Waals surface area contributed by atoms with Crippen LogP contribution in [-0.2, 0) is 7.05 Å². The fourth-order valence-electron chi connectivity index (χ4n) is 3.73. The number of imidazole rings is 1. The molecule has 0 amide bonds. The smallest absolute Gasteiger partial charge is 0.252 e. The van der Waals surface area contributed by atoms with Crippen LogP contribution in [0.15, 0.2) is 67.0 Å². The summed E-state index contributed by atoms with van der Waals surface area (Å²) in [6.07, 6.45) is 1.66. The van der Waals surface area contributed by atoms with Crippen LogP contribution in [0.5, 0.6) is 11.6 Å². The molecule has 3 aromatic carbocycles. The summed E-state index contributed by atoms with van der Waals surface area (Å²) in [6, 6.07) is 21.4. The first kappa shape index (κ1) is 22.4. The van der Waals surface area contributed by atoms with Crippen LogP contribution in [0.2, 0.25) is 5.02 Å². The summed E-state index contributed by atoms with van der Waals surface area (Å²) in [5.74, 6) is 1.14. The first-order chi connectivity index (χ1) is 16.9. The molecule has 8 heteroatoms. The van der Waals surface area contributed by atoms with Crippen molar-refractivity contribution >= 4 is 34.4 Å². The zero-order chi connectivity index (χ0) is 24.5. The van der Waals surface area contributed by atoms with E-state index in [1.165, 1.54) is 5.56 Å². The molecule has 7 nitrogen and oxygen atoms in total. The fraction of sp³-hybridized carbons (Fsp3) is 0.111. The average Bonchev–Trinajstić information content (AvgIpc) is 3.23. The summed E-state index contributed by atoms with van der Waals surface area (Å²) in [7, 11) is 1.85. The minimum Gasteiger partial charge on any atom is -0.435 e. The summed E-state index contributed by atoms with van der Waals surface area (Å²) in [6.45, 7) is 4.01. The predicted octanol–water partition coefficient (Wildman–Crippen LogP) is 6.71. The van der Waals surface area contributed by atoms with Gasteiger partial charge in [0, 0.05) is 12.7 Å². The van der Waals surface area contributed by atoms with Crippen molar-refractivity contribution in [3.8, 4) is 28.8 Å². The third-order valence-electron chi connectivity index (χ3n) is 5.61. The average molecular weight is 481 g/mol. The van der Waals surface area contributed by atoms with Gasteiger partial charge in [-0.3, -0.25) is 0 Å². The molecule has 0 saturated heterocycles. The molecular formula is C27H21ClN6O. The van der Waals surface area contributed by atoms with Crippen molar-refractivity contribution in [2.45, 2.75) is 13.8 Å². The van der Waals surface area contributed by atoms with E-state index >= 15 is 0 Å². The largest absolute Gasteiger partial charge is 0.435 e. The Labute approximate surface area is 207 Å². The highest BCUT2D eigenvalue weighted by Gasteiger charge is 2.18. The Kier molecular flexibility index (Phi) is 5.81. The van der Waals surface area contributed by atoms with Crippen LogP contribution in [0.25, 0.3) is 22.3 Å². The molecule has 172 valence electrons. The molecule has 0 radical (unpaired) electrons. The first-order valence-electron chi connectivity index (χ1n) is 10.9. The molecule has 2 heterocycles. The van der Waals surface area contributed by atoms with E-state index in [0.717, 1.165) is 22.4 Å². The van der Waals surface area contributed by atoms with Crippen molar-refractivity contribution in [3.05, 3.63) is 88.7 Å². The van der Waals surface area contributed by atoms with Crippen molar-refractivity contribution in [3.63, 3.8) is 0 Å². The molecule has 35 heavy (non-hydrogen) atoms. The first-order valence-corrected chi connectivity index (χ1v) is 11.3. The lowest BCUT2D eigenvalue weighted by Crippen LogP contribution is -2.02. The van der Waals surface area contributed by atoms with Crippen molar-refractivity contribution < 1.29 is 4.74 Å². The van der Waals surface area contributed by atoms with Gasteiger partial charge in [0.05, 0.1) is 23.0 Å². The third kappa shape index (κ3) is 4.52. The number of benzene rings is 3. The maximum Gasteiger partial charge on any atom is 0.252 e. The molecule has 5 rings (SSSR count). The highest BCUT2D eigenvalue weighted by molar-refractivity contribution is 6.32. The highest BCUT2D eigenvalue weighted by atomic mass is 35.5. The van der Waals surface area contributed by atoms with E-state index in [2.05, 4.69) is 57.5 Å². The van der Waals surface area contributed by atoms with Crippen molar-refractivity contribution in [1.29, 1.82) is 5.26 Å². The van der Waals surface area contributed by atoms with E-state index < -0.39 is 0 Å². The molecule has 0 unspecified atom stereocenters. The number of hydrogen-bond acceptors (Lipinski definition) is 6. The van der Waals surface area contributed by atoms with E-state index in [0.29, 0.717) is 39.3 Å². The Hall–Kier alpha value is -4.41. The lowest BCUT2D eigenvalue weighted by molar-refractivity contribution is 0.465. The molecular weight excluding hydrogens is 460 g/mol.